The van der Waals surface area contributed by atoms with E-state index < -0.39 is 12.2 Å². The zero-order chi connectivity index (χ0) is 10.6. The molecule has 4 nitrogen and oxygen atoms in total. The molecule has 2 atom stereocenters. The second-order valence-corrected chi connectivity index (χ2v) is 3.18. The van der Waals surface area contributed by atoms with E-state index in [1.807, 2.05) is 0 Å². The van der Waals surface area contributed by atoms with E-state index in [1.165, 1.54) is 13.3 Å². The van der Waals surface area contributed by atoms with Crippen LogP contribution in [0, 0.1) is 0 Å². The molecule has 1 rings (SSSR count). The largest absolute Gasteiger partial charge is 0.496 e. The highest BCUT2D eigenvalue weighted by atomic mass is 32.1. The molecule has 0 saturated carbocycles. The first-order valence-electron chi connectivity index (χ1n) is 4.15. The lowest BCUT2D eigenvalue weighted by Crippen LogP contribution is -2.20. The molecule has 0 amide bonds. The lowest BCUT2D eigenvalue weighted by atomic mass is 10.1. The van der Waals surface area contributed by atoms with Crippen molar-refractivity contribution >= 4 is 12.6 Å². The monoisotopic (exact) mass is 215 g/mol. The average molecular weight is 215 g/mol. The summed E-state index contributed by atoms with van der Waals surface area (Å²) in [5.41, 5.74) is 0.469. The molecule has 0 saturated heterocycles. The maximum absolute atomic E-state index is 9.68. The van der Waals surface area contributed by atoms with E-state index in [4.69, 9.17) is 4.74 Å². The Morgan fingerprint density at radius 2 is 2.29 bits per heavy atom. The molecular formula is C9H13NO3S. The second-order valence-electron chi connectivity index (χ2n) is 2.81. The van der Waals surface area contributed by atoms with Gasteiger partial charge in [-0.3, -0.25) is 4.98 Å². The smallest absolute Gasteiger partial charge is 0.127 e. The molecule has 0 aliphatic carbocycles. The molecule has 0 aliphatic heterocycles. The summed E-state index contributed by atoms with van der Waals surface area (Å²) in [6, 6.07) is 1.63. The zero-order valence-electron chi connectivity index (χ0n) is 7.79. The van der Waals surface area contributed by atoms with Crippen LogP contribution in [0.25, 0.3) is 0 Å². The third-order valence-electron chi connectivity index (χ3n) is 1.90. The van der Waals surface area contributed by atoms with Gasteiger partial charge in [0.05, 0.1) is 13.2 Å². The Bertz CT molecular complexity index is 295. The van der Waals surface area contributed by atoms with Crippen molar-refractivity contribution in [1.29, 1.82) is 0 Å². The molecule has 78 valence electrons. The zero-order valence-corrected chi connectivity index (χ0v) is 8.69. The number of methoxy groups -OCH3 is 1. The van der Waals surface area contributed by atoms with E-state index in [9.17, 15) is 10.2 Å². The summed E-state index contributed by atoms with van der Waals surface area (Å²) in [6.45, 7) is 0. The van der Waals surface area contributed by atoms with Crippen LogP contribution in [0.3, 0.4) is 0 Å². The molecule has 2 unspecified atom stereocenters. The van der Waals surface area contributed by atoms with Crippen LogP contribution in [0.4, 0.5) is 0 Å². The molecular weight excluding hydrogens is 202 g/mol. The van der Waals surface area contributed by atoms with Gasteiger partial charge in [-0.25, -0.2) is 0 Å². The first kappa shape index (κ1) is 11.3. The van der Waals surface area contributed by atoms with Crippen molar-refractivity contribution in [3.8, 4) is 5.75 Å². The van der Waals surface area contributed by atoms with Crippen LogP contribution >= 0.6 is 12.6 Å². The van der Waals surface area contributed by atoms with Crippen LogP contribution in [0.1, 0.15) is 11.7 Å². The van der Waals surface area contributed by atoms with Crippen molar-refractivity contribution in [1.82, 2.24) is 4.98 Å². The van der Waals surface area contributed by atoms with Crippen LogP contribution in [-0.2, 0) is 0 Å². The molecule has 0 aliphatic rings. The van der Waals surface area contributed by atoms with Crippen LogP contribution in [0.5, 0.6) is 5.75 Å². The van der Waals surface area contributed by atoms with Gasteiger partial charge in [0.25, 0.3) is 0 Å². The number of aliphatic hydroxyl groups is 2. The minimum Gasteiger partial charge on any atom is -0.496 e. The first-order valence-corrected chi connectivity index (χ1v) is 4.78. The molecule has 2 N–H and O–H groups in total. The van der Waals surface area contributed by atoms with Crippen molar-refractivity contribution in [2.24, 2.45) is 0 Å². The van der Waals surface area contributed by atoms with Crippen LogP contribution in [-0.4, -0.2) is 34.2 Å². The van der Waals surface area contributed by atoms with Crippen molar-refractivity contribution in [3.05, 3.63) is 24.0 Å². The highest BCUT2D eigenvalue weighted by Gasteiger charge is 2.20. The standard InChI is InChI=1S/C9H13NO3S/c1-13-8-2-3-10-4-6(8)9(12)7(11)5-14/h2-4,7,9,11-12,14H,5H2,1H3. The van der Waals surface area contributed by atoms with E-state index >= 15 is 0 Å². The summed E-state index contributed by atoms with van der Waals surface area (Å²) < 4.78 is 5.03. The number of pyridine rings is 1. The fourth-order valence-electron chi connectivity index (χ4n) is 1.11. The van der Waals surface area contributed by atoms with E-state index in [0.29, 0.717) is 11.3 Å². The number of ether oxygens (including phenoxy) is 1. The summed E-state index contributed by atoms with van der Waals surface area (Å²) >= 11 is 3.90. The highest BCUT2D eigenvalue weighted by molar-refractivity contribution is 7.80. The topological polar surface area (TPSA) is 62.6 Å². The van der Waals surface area contributed by atoms with E-state index in [1.54, 1.807) is 12.3 Å². The number of thiol groups is 1. The van der Waals surface area contributed by atoms with Gasteiger partial charge in [0.15, 0.2) is 0 Å². The molecule has 0 bridgehead atoms. The molecule has 0 spiro atoms. The van der Waals surface area contributed by atoms with Gasteiger partial charge in [0.1, 0.15) is 11.9 Å². The van der Waals surface area contributed by atoms with Gasteiger partial charge in [-0.15, -0.1) is 0 Å². The summed E-state index contributed by atoms with van der Waals surface area (Å²) in [7, 11) is 1.50. The van der Waals surface area contributed by atoms with Gasteiger partial charge in [-0.1, -0.05) is 0 Å². The van der Waals surface area contributed by atoms with Crippen LogP contribution < -0.4 is 4.74 Å². The molecule has 14 heavy (non-hydrogen) atoms. The number of rotatable bonds is 4. The van der Waals surface area contributed by atoms with E-state index in [2.05, 4.69) is 17.6 Å². The molecule has 1 aromatic rings. The number of hydrogen-bond donors (Lipinski definition) is 3. The van der Waals surface area contributed by atoms with Gasteiger partial charge < -0.3 is 14.9 Å². The molecule has 5 heteroatoms. The molecule has 0 aromatic carbocycles. The maximum Gasteiger partial charge on any atom is 0.127 e. The van der Waals surface area contributed by atoms with Gasteiger partial charge in [-0.05, 0) is 6.07 Å². The Balaban J connectivity index is 2.93. The summed E-state index contributed by atoms with van der Waals surface area (Å²) in [5, 5.41) is 19.1. The van der Waals surface area contributed by atoms with Crippen LogP contribution in [0.2, 0.25) is 0 Å². The van der Waals surface area contributed by atoms with Crippen molar-refractivity contribution in [2.45, 2.75) is 12.2 Å². The normalized spacial score (nSPS) is 14.9. The molecule has 0 radical (unpaired) electrons. The van der Waals surface area contributed by atoms with Gasteiger partial charge >= 0.3 is 0 Å². The van der Waals surface area contributed by atoms with Crippen molar-refractivity contribution in [3.63, 3.8) is 0 Å². The molecule has 1 aromatic heterocycles. The Kier molecular flexibility index (Phi) is 4.19. The number of hydrogen-bond acceptors (Lipinski definition) is 5. The number of nitrogens with zero attached hydrogens (tertiary/aromatic N) is 1. The fourth-order valence-corrected chi connectivity index (χ4v) is 1.31. The third-order valence-corrected chi connectivity index (χ3v) is 2.27. The Morgan fingerprint density at radius 1 is 1.57 bits per heavy atom. The predicted octanol–water partition coefficient (Wildman–Crippen LogP) is 0.414. The quantitative estimate of drug-likeness (QED) is 0.637. The first-order chi connectivity index (χ1) is 6.70. The minimum absolute atomic E-state index is 0.180. The SMILES string of the molecule is COc1ccncc1C(O)C(O)CS. The fraction of sp³-hybridized carbons (Fsp3) is 0.444. The summed E-state index contributed by atoms with van der Waals surface area (Å²) in [5.74, 6) is 0.687. The second kappa shape index (κ2) is 5.19. The van der Waals surface area contributed by atoms with Crippen molar-refractivity contribution < 1.29 is 14.9 Å². The van der Waals surface area contributed by atoms with Gasteiger partial charge in [0, 0.05) is 23.7 Å². The van der Waals surface area contributed by atoms with Gasteiger partial charge in [0.2, 0.25) is 0 Å². The Morgan fingerprint density at radius 3 is 2.86 bits per heavy atom. The lowest BCUT2D eigenvalue weighted by Gasteiger charge is -2.17. The molecule has 1 heterocycles. The Hall–Kier alpha value is -0.780. The summed E-state index contributed by atoms with van der Waals surface area (Å²) in [6.07, 6.45) is 1.09. The predicted molar refractivity (Wildman–Crippen MR) is 55.6 cm³/mol. The highest BCUT2D eigenvalue weighted by Crippen LogP contribution is 2.26. The average Bonchev–Trinajstić information content (AvgIpc) is 2.26. The van der Waals surface area contributed by atoms with E-state index in [-0.39, 0.29) is 5.75 Å². The third kappa shape index (κ3) is 2.37. The molecule has 0 fully saturated rings. The van der Waals surface area contributed by atoms with Crippen molar-refractivity contribution in [2.75, 3.05) is 12.9 Å². The maximum atomic E-state index is 9.68. The van der Waals surface area contributed by atoms with E-state index in [0.717, 1.165) is 0 Å². The number of aliphatic hydroxyl groups excluding tert-OH is 2. The lowest BCUT2D eigenvalue weighted by molar-refractivity contribution is 0.0320. The number of aromatic nitrogens is 1. The Labute approximate surface area is 88.0 Å². The minimum atomic E-state index is -1.02. The van der Waals surface area contributed by atoms with Crippen LogP contribution in [0.15, 0.2) is 18.5 Å². The summed E-state index contributed by atoms with van der Waals surface area (Å²) in [4.78, 5) is 3.86. The van der Waals surface area contributed by atoms with Gasteiger partial charge in [-0.2, -0.15) is 12.6 Å².